The molecule has 0 fully saturated rings. The Morgan fingerprint density at radius 1 is 1.25 bits per heavy atom. The number of hydrogen-bond acceptors (Lipinski definition) is 2. The van der Waals surface area contributed by atoms with Gasteiger partial charge in [0.1, 0.15) is 0 Å². The minimum atomic E-state index is 0.0363. The fraction of sp³-hybridized carbons (Fsp3) is 0.467. The number of nitrogens with zero attached hydrogens (tertiary/aromatic N) is 3. The van der Waals surface area contributed by atoms with Gasteiger partial charge in [-0.2, -0.15) is 0 Å². The number of fused-ring (bicyclic) bond motifs is 1. The topological polar surface area (TPSA) is 38.1 Å². The van der Waals surface area contributed by atoms with Crippen LogP contribution in [-0.2, 0) is 7.05 Å². The minimum Gasteiger partial charge on any atom is -0.334 e. The maximum absolute atomic E-state index is 12.7. The van der Waals surface area contributed by atoms with Gasteiger partial charge in [0.2, 0.25) is 5.28 Å². The molecule has 0 spiro atoms. The quantitative estimate of drug-likeness (QED) is 0.869. The van der Waals surface area contributed by atoms with Gasteiger partial charge in [0.05, 0.1) is 11.0 Å². The first-order valence-electron chi connectivity index (χ1n) is 6.77. The van der Waals surface area contributed by atoms with E-state index in [0.29, 0.717) is 10.8 Å². The lowest BCUT2D eigenvalue weighted by atomic mass is 10.1. The number of rotatable bonds is 3. The van der Waals surface area contributed by atoms with Gasteiger partial charge in [-0.1, -0.05) is 0 Å². The van der Waals surface area contributed by atoms with Crippen molar-refractivity contribution < 1.29 is 4.79 Å². The van der Waals surface area contributed by atoms with Crippen LogP contribution in [0.2, 0.25) is 5.28 Å². The SMILES string of the molecule is CC(C)N(C(=O)c1ccc2nc(Cl)n(C)c2c1)C(C)C. The molecule has 0 aliphatic heterocycles. The van der Waals surface area contributed by atoms with Gasteiger partial charge in [0.15, 0.2) is 0 Å². The van der Waals surface area contributed by atoms with E-state index in [9.17, 15) is 4.79 Å². The highest BCUT2D eigenvalue weighted by Crippen LogP contribution is 2.21. The molecule has 2 aromatic rings. The van der Waals surface area contributed by atoms with E-state index in [0.717, 1.165) is 11.0 Å². The van der Waals surface area contributed by atoms with Crippen LogP contribution in [0.4, 0.5) is 0 Å². The van der Waals surface area contributed by atoms with Crippen LogP contribution in [0.25, 0.3) is 11.0 Å². The van der Waals surface area contributed by atoms with Crippen molar-refractivity contribution in [2.45, 2.75) is 39.8 Å². The average molecular weight is 294 g/mol. The Morgan fingerprint density at radius 3 is 2.40 bits per heavy atom. The van der Waals surface area contributed by atoms with Crippen molar-refractivity contribution in [3.63, 3.8) is 0 Å². The smallest absolute Gasteiger partial charge is 0.254 e. The van der Waals surface area contributed by atoms with Crippen LogP contribution in [0.3, 0.4) is 0 Å². The Bertz CT molecular complexity index is 638. The standard InChI is InChI=1S/C15H20ClN3O/c1-9(2)19(10(3)4)14(20)11-6-7-12-13(8-11)18(5)15(16)17-12/h6-10H,1-5H3. The van der Waals surface area contributed by atoms with Gasteiger partial charge in [-0.25, -0.2) is 4.98 Å². The summed E-state index contributed by atoms with van der Waals surface area (Å²) >= 11 is 6.00. The molecular formula is C15H20ClN3O. The minimum absolute atomic E-state index is 0.0363. The van der Waals surface area contributed by atoms with E-state index in [1.54, 1.807) is 4.57 Å². The molecule has 0 radical (unpaired) electrons. The van der Waals surface area contributed by atoms with Crippen molar-refractivity contribution in [1.82, 2.24) is 14.5 Å². The number of aryl methyl sites for hydroxylation is 1. The fourth-order valence-electron chi connectivity index (χ4n) is 2.51. The van der Waals surface area contributed by atoms with Gasteiger partial charge in [0.25, 0.3) is 5.91 Å². The molecule has 5 heteroatoms. The number of hydrogen-bond donors (Lipinski definition) is 0. The zero-order valence-corrected chi connectivity index (χ0v) is 13.3. The second-order valence-electron chi connectivity index (χ2n) is 5.54. The first-order valence-corrected chi connectivity index (χ1v) is 7.15. The average Bonchev–Trinajstić information content (AvgIpc) is 2.64. The van der Waals surface area contributed by atoms with E-state index in [2.05, 4.69) is 4.98 Å². The first-order chi connectivity index (χ1) is 9.32. The van der Waals surface area contributed by atoms with Gasteiger partial charge >= 0.3 is 0 Å². The van der Waals surface area contributed by atoms with Crippen molar-refractivity contribution in [3.05, 3.63) is 29.0 Å². The van der Waals surface area contributed by atoms with E-state index >= 15 is 0 Å². The molecule has 1 amide bonds. The summed E-state index contributed by atoms with van der Waals surface area (Å²) in [4.78, 5) is 18.8. The molecular weight excluding hydrogens is 274 g/mol. The molecule has 20 heavy (non-hydrogen) atoms. The molecule has 0 bridgehead atoms. The molecule has 4 nitrogen and oxygen atoms in total. The third-order valence-electron chi connectivity index (χ3n) is 3.42. The van der Waals surface area contributed by atoms with Crippen LogP contribution in [0.15, 0.2) is 18.2 Å². The Hall–Kier alpha value is -1.55. The summed E-state index contributed by atoms with van der Waals surface area (Å²) in [6.07, 6.45) is 0. The Labute approximate surface area is 124 Å². The fourth-order valence-corrected chi connectivity index (χ4v) is 2.69. The van der Waals surface area contributed by atoms with Crippen molar-refractivity contribution in [2.75, 3.05) is 0 Å². The van der Waals surface area contributed by atoms with Gasteiger partial charge in [-0.3, -0.25) is 4.79 Å². The summed E-state index contributed by atoms with van der Waals surface area (Å²) in [5.41, 5.74) is 2.34. The Kier molecular flexibility index (Phi) is 4.04. The summed E-state index contributed by atoms with van der Waals surface area (Å²) in [6, 6.07) is 5.83. The van der Waals surface area contributed by atoms with Gasteiger partial charge in [-0.05, 0) is 57.5 Å². The molecule has 0 aliphatic carbocycles. The molecule has 0 atom stereocenters. The monoisotopic (exact) mass is 293 g/mol. The summed E-state index contributed by atoms with van der Waals surface area (Å²) in [5.74, 6) is 0.0363. The van der Waals surface area contributed by atoms with Gasteiger partial charge < -0.3 is 9.47 Å². The van der Waals surface area contributed by atoms with Gasteiger partial charge in [-0.15, -0.1) is 0 Å². The number of amides is 1. The molecule has 1 heterocycles. The first kappa shape index (κ1) is 14.9. The molecule has 0 N–H and O–H groups in total. The largest absolute Gasteiger partial charge is 0.334 e. The highest BCUT2D eigenvalue weighted by Gasteiger charge is 2.22. The van der Waals surface area contributed by atoms with Crippen LogP contribution < -0.4 is 0 Å². The number of halogens is 1. The number of imidazole rings is 1. The summed E-state index contributed by atoms with van der Waals surface area (Å²) in [6.45, 7) is 8.10. The zero-order chi connectivity index (χ0) is 15.0. The van der Waals surface area contributed by atoms with Gasteiger partial charge in [0, 0.05) is 24.7 Å². The molecule has 1 aromatic heterocycles. The van der Waals surface area contributed by atoms with Crippen LogP contribution in [0.5, 0.6) is 0 Å². The maximum Gasteiger partial charge on any atom is 0.254 e. The predicted octanol–water partition coefficient (Wildman–Crippen LogP) is 3.49. The molecule has 1 aromatic carbocycles. The molecule has 0 aliphatic rings. The predicted molar refractivity (Wildman–Crippen MR) is 82.2 cm³/mol. The van der Waals surface area contributed by atoms with Crippen LogP contribution >= 0.6 is 11.6 Å². The van der Waals surface area contributed by atoms with E-state index in [1.807, 2.05) is 57.8 Å². The lowest BCUT2D eigenvalue weighted by Gasteiger charge is -2.30. The van der Waals surface area contributed by atoms with Crippen LogP contribution in [-0.4, -0.2) is 32.4 Å². The third kappa shape index (κ3) is 2.52. The van der Waals surface area contributed by atoms with Crippen molar-refractivity contribution in [3.8, 4) is 0 Å². The van der Waals surface area contributed by atoms with Crippen LogP contribution in [0, 0.1) is 0 Å². The number of benzene rings is 1. The van der Waals surface area contributed by atoms with E-state index in [1.165, 1.54) is 0 Å². The van der Waals surface area contributed by atoms with Crippen molar-refractivity contribution in [1.29, 1.82) is 0 Å². The van der Waals surface area contributed by atoms with Crippen molar-refractivity contribution in [2.24, 2.45) is 7.05 Å². The summed E-state index contributed by atoms with van der Waals surface area (Å²) in [7, 11) is 1.84. The number of carbonyl (C=O) groups is 1. The number of aromatic nitrogens is 2. The van der Waals surface area contributed by atoms with Crippen LogP contribution in [0.1, 0.15) is 38.1 Å². The molecule has 0 saturated heterocycles. The second kappa shape index (κ2) is 5.44. The zero-order valence-electron chi connectivity index (χ0n) is 12.5. The summed E-state index contributed by atoms with van der Waals surface area (Å²) < 4.78 is 1.78. The molecule has 108 valence electrons. The third-order valence-corrected chi connectivity index (χ3v) is 3.76. The highest BCUT2D eigenvalue weighted by atomic mass is 35.5. The molecule has 0 unspecified atom stereocenters. The van der Waals surface area contributed by atoms with E-state index in [-0.39, 0.29) is 18.0 Å². The lowest BCUT2D eigenvalue weighted by molar-refractivity contribution is 0.0644. The van der Waals surface area contributed by atoms with E-state index in [4.69, 9.17) is 11.6 Å². The maximum atomic E-state index is 12.7. The Morgan fingerprint density at radius 2 is 1.85 bits per heavy atom. The van der Waals surface area contributed by atoms with E-state index < -0.39 is 0 Å². The summed E-state index contributed by atoms with van der Waals surface area (Å²) in [5, 5.41) is 0.425. The number of carbonyl (C=O) groups excluding carboxylic acids is 1. The Balaban J connectivity index is 2.47. The molecule has 2 rings (SSSR count). The lowest BCUT2D eigenvalue weighted by Crippen LogP contribution is -2.42. The van der Waals surface area contributed by atoms with Crippen molar-refractivity contribution >= 4 is 28.5 Å². The second-order valence-corrected chi connectivity index (χ2v) is 5.88. The normalized spacial score (nSPS) is 11.6. The highest BCUT2D eigenvalue weighted by molar-refractivity contribution is 6.29. The molecule has 0 saturated carbocycles.